The van der Waals surface area contributed by atoms with Crippen molar-refractivity contribution in [3.8, 4) is 0 Å². The molecule has 0 spiro atoms. The third-order valence-electron chi connectivity index (χ3n) is 3.98. The fourth-order valence-electron chi connectivity index (χ4n) is 2.83. The van der Waals surface area contributed by atoms with Crippen LogP contribution in [-0.4, -0.2) is 53.7 Å². The Morgan fingerprint density at radius 3 is 2.55 bits per heavy atom. The van der Waals surface area contributed by atoms with Crippen LogP contribution >= 0.6 is 0 Å². The second kappa shape index (κ2) is 7.26. The molecule has 1 aliphatic rings. The van der Waals surface area contributed by atoms with Crippen molar-refractivity contribution in [1.82, 2.24) is 4.90 Å². The van der Waals surface area contributed by atoms with Crippen molar-refractivity contribution >= 4 is 17.6 Å². The SMILES string of the molecule is CN(CC(=O)O)Cc1cccc(N2CCC(C(=O)O)CC2)c1. The van der Waals surface area contributed by atoms with E-state index in [9.17, 15) is 9.59 Å². The van der Waals surface area contributed by atoms with Gasteiger partial charge in [-0.15, -0.1) is 0 Å². The Morgan fingerprint density at radius 1 is 1.27 bits per heavy atom. The second-order valence-electron chi connectivity index (χ2n) is 5.84. The Balaban J connectivity index is 1.97. The molecule has 2 rings (SSSR count). The fraction of sp³-hybridized carbons (Fsp3) is 0.500. The van der Waals surface area contributed by atoms with E-state index in [0.29, 0.717) is 19.4 Å². The van der Waals surface area contributed by atoms with Crippen LogP contribution in [0, 0.1) is 5.92 Å². The molecule has 1 fully saturated rings. The Bertz CT molecular complexity index is 539. The van der Waals surface area contributed by atoms with E-state index in [1.807, 2.05) is 18.2 Å². The number of carboxylic acid groups (broad SMARTS) is 2. The van der Waals surface area contributed by atoms with E-state index in [4.69, 9.17) is 10.2 Å². The van der Waals surface area contributed by atoms with Crippen molar-refractivity contribution in [2.75, 3.05) is 31.6 Å². The van der Waals surface area contributed by atoms with Crippen molar-refractivity contribution in [1.29, 1.82) is 0 Å². The molecular formula is C16H22N2O4. The first-order chi connectivity index (χ1) is 10.5. The van der Waals surface area contributed by atoms with Gasteiger partial charge in [0.25, 0.3) is 0 Å². The van der Waals surface area contributed by atoms with Gasteiger partial charge in [-0.25, -0.2) is 0 Å². The Morgan fingerprint density at radius 2 is 1.95 bits per heavy atom. The van der Waals surface area contributed by atoms with Crippen molar-refractivity contribution in [3.05, 3.63) is 29.8 Å². The average Bonchev–Trinajstić information content (AvgIpc) is 2.46. The molecule has 1 aromatic carbocycles. The number of hydrogen-bond acceptors (Lipinski definition) is 4. The molecule has 0 unspecified atom stereocenters. The van der Waals surface area contributed by atoms with Gasteiger partial charge in [0, 0.05) is 25.3 Å². The zero-order valence-electron chi connectivity index (χ0n) is 12.7. The molecule has 0 aromatic heterocycles. The highest BCUT2D eigenvalue weighted by molar-refractivity contribution is 5.70. The summed E-state index contributed by atoms with van der Waals surface area (Å²) in [6.07, 6.45) is 1.33. The lowest BCUT2D eigenvalue weighted by molar-refractivity contribution is -0.142. The summed E-state index contributed by atoms with van der Waals surface area (Å²) in [5.74, 6) is -1.78. The number of piperidine rings is 1. The third kappa shape index (κ3) is 4.46. The van der Waals surface area contributed by atoms with Gasteiger partial charge in [0.15, 0.2) is 0 Å². The largest absolute Gasteiger partial charge is 0.481 e. The summed E-state index contributed by atoms with van der Waals surface area (Å²) in [5.41, 5.74) is 2.13. The monoisotopic (exact) mass is 306 g/mol. The molecular weight excluding hydrogens is 284 g/mol. The van der Waals surface area contributed by atoms with E-state index < -0.39 is 11.9 Å². The minimum atomic E-state index is -0.839. The highest BCUT2D eigenvalue weighted by Crippen LogP contribution is 2.24. The summed E-state index contributed by atoms with van der Waals surface area (Å²) in [7, 11) is 1.78. The van der Waals surface area contributed by atoms with E-state index in [0.717, 1.165) is 24.3 Å². The van der Waals surface area contributed by atoms with Gasteiger partial charge >= 0.3 is 11.9 Å². The summed E-state index contributed by atoms with van der Waals surface area (Å²) in [4.78, 5) is 25.6. The maximum Gasteiger partial charge on any atom is 0.317 e. The molecule has 22 heavy (non-hydrogen) atoms. The zero-order chi connectivity index (χ0) is 16.1. The fourth-order valence-corrected chi connectivity index (χ4v) is 2.83. The molecule has 2 N–H and O–H groups in total. The van der Waals surface area contributed by atoms with Crippen molar-refractivity contribution in [2.24, 2.45) is 5.92 Å². The van der Waals surface area contributed by atoms with Crippen molar-refractivity contribution in [2.45, 2.75) is 19.4 Å². The summed E-state index contributed by atoms with van der Waals surface area (Å²) in [5, 5.41) is 17.8. The summed E-state index contributed by atoms with van der Waals surface area (Å²) < 4.78 is 0. The molecule has 0 atom stereocenters. The molecule has 6 nitrogen and oxygen atoms in total. The van der Waals surface area contributed by atoms with Crippen LogP contribution in [0.3, 0.4) is 0 Å². The zero-order valence-corrected chi connectivity index (χ0v) is 12.7. The Labute approximate surface area is 130 Å². The molecule has 1 aliphatic heterocycles. The van der Waals surface area contributed by atoms with E-state index in [1.54, 1.807) is 11.9 Å². The normalized spacial score (nSPS) is 16.0. The topological polar surface area (TPSA) is 81.1 Å². The lowest BCUT2D eigenvalue weighted by atomic mass is 9.96. The van der Waals surface area contributed by atoms with Crippen molar-refractivity contribution in [3.63, 3.8) is 0 Å². The predicted molar refractivity (Wildman–Crippen MR) is 83.0 cm³/mol. The molecule has 0 bridgehead atoms. The highest BCUT2D eigenvalue weighted by Gasteiger charge is 2.24. The van der Waals surface area contributed by atoms with E-state index in [1.165, 1.54) is 0 Å². The van der Waals surface area contributed by atoms with Crippen molar-refractivity contribution < 1.29 is 19.8 Å². The smallest absolute Gasteiger partial charge is 0.317 e. The minimum Gasteiger partial charge on any atom is -0.481 e. The number of likely N-dealkylation sites (N-methyl/N-ethyl adjacent to an activating group) is 1. The number of benzene rings is 1. The van der Waals surface area contributed by atoms with E-state index in [2.05, 4.69) is 11.0 Å². The van der Waals surface area contributed by atoms with E-state index >= 15 is 0 Å². The molecule has 6 heteroatoms. The number of carbonyl (C=O) groups is 2. The maximum atomic E-state index is 11.0. The lowest BCUT2D eigenvalue weighted by Gasteiger charge is -2.32. The van der Waals surface area contributed by atoms with Crippen LogP contribution in [0.4, 0.5) is 5.69 Å². The van der Waals surface area contributed by atoms with Crippen LogP contribution in [0.5, 0.6) is 0 Å². The van der Waals surface area contributed by atoms with Crippen LogP contribution in [0.15, 0.2) is 24.3 Å². The number of hydrogen-bond donors (Lipinski definition) is 2. The Hall–Kier alpha value is -2.08. The number of anilines is 1. The molecule has 1 aromatic rings. The third-order valence-corrected chi connectivity index (χ3v) is 3.98. The number of nitrogens with zero attached hydrogens (tertiary/aromatic N) is 2. The quantitative estimate of drug-likeness (QED) is 0.829. The first-order valence-corrected chi connectivity index (χ1v) is 7.42. The first kappa shape index (κ1) is 16.3. The van der Waals surface area contributed by atoms with Gasteiger partial charge in [0.2, 0.25) is 0 Å². The number of carboxylic acids is 2. The summed E-state index contributed by atoms with van der Waals surface area (Å²) >= 11 is 0. The number of rotatable bonds is 6. The van der Waals surface area contributed by atoms with Gasteiger partial charge in [0.1, 0.15) is 0 Å². The molecule has 1 heterocycles. The van der Waals surface area contributed by atoms with Gasteiger partial charge in [0.05, 0.1) is 12.5 Å². The number of aliphatic carboxylic acids is 2. The molecule has 0 radical (unpaired) electrons. The van der Waals surface area contributed by atoms with Crippen LogP contribution in [0.25, 0.3) is 0 Å². The van der Waals surface area contributed by atoms with Crippen LogP contribution in [-0.2, 0) is 16.1 Å². The average molecular weight is 306 g/mol. The maximum absolute atomic E-state index is 11.0. The standard InChI is InChI=1S/C16H22N2O4/c1-17(11-15(19)20)10-12-3-2-4-14(9-12)18-7-5-13(6-8-18)16(21)22/h2-4,9,13H,5-8,10-11H2,1H3,(H,19,20)(H,21,22). The molecule has 0 saturated carbocycles. The van der Waals surface area contributed by atoms with Gasteiger partial charge in [-0.05, 0) is 37.6 Å². The van der Waals surface area contributed by atoms with Gasteiger partial charge in [-0.3, -0.25) is 14.5 Å². The first-order valence-electron chi connectivity index (χ1n) is 7.42. The summed E-state index contributed by atoms with van der Waals surface area (Å²) in [6.45, 7) is 2.07. The van der Waals surface area contributed by atoms with Gasteiger partial charge in [-0.2, -0.15) is 0 Å². The molecule has 0 aliphatic carbocycles. The molecule has 0 amide bonds. The second-order valence-corrected chi connectivity index (χ2v) is 5.84. The minimum absolute atomic E-state index is 0.00817. The van der Waals surface area contributed by atoms with E-state index in [-0.39, 0.29) is 12.5 Å². The lowest BCUT2D eigenvalue weighted by Crippen LogP contribution is -2.36. The van der Waals surface area contributed by atoms with Crippen LogP contribution in [0.1, 0.15) is 18.4 Å². The summed E-state index contributed by atoms with van der Waals surface area (Å²) in [6, 6.07) is 8.01. The highest BCUT2D eigenvalue weighted by atomic mass is 16.4. The molecule has 120 valence electrons. The predicted octanol–water partition coefficient (Wildman–Crippen LogP) is 1.50. The van der Waals surface area contributed by atoms with Crippen LogP contribution < -0.4 is 4.90 Å². The van der Waals surface area contributed by atoms with Crippen LogP contribution in [0.2, 0.25) is 0 Å². The van der Waals surface area contributed by atoms with Gasteiger partial charge in [-0.1, -0.05) is 12.1 Å². The molecule has 1 saturated heterocycles. The Kier molecular flexibility index (Phi) is 5.38. The van der Waals surface area contributed by atoms with Gasteiger partial charge < -0.3 is 15.1 Å².